The van der Waals surface area contributed by atoms with Crippen LogP contribution in [0, 0.1) is 22.7 Å². The molecule has 2 saturated heterocycles. The molecule has 0 saturated carbocycles. The molecule has 6 atom stereocenters. The standard InChI is InChI=1S/C34H62N4O10S2/c1-30(2,3)48-29(43)21(23(36)13-15-38-27(40)25-32(6,7)19-45-34(10,11)47-25)17-50-49-16-20(28(41)42)22(35)12-14-37-26(39)24-31(4,5)18-44-33(8,9)46-24/h20-25H,12-19,35-36H2,1-11H3,(H,37,39)(H,38,40)(H,41,42)/t20-,21-,22?,23?,24+,25+/m1/s1. The van der Waals surface area contributed by atoms with Crippen molar-refractivity contribution in [2.75, 3.05) is 37.8 Å². The van der Waals surface area contributed by atoms with E-state index in [2.05, 4.69) is 10.6 Å². The van der Waals surface area contributed by atoms with E-state index in [1.807, 2.05) is 27.7 Å². The summed E-state index contributed by atoms with van der Waals surface area (Å²) in [5.74, 6) is -5.07. The molecule has 7 N–H and O–H groups in total. The second-order valence-electron chi connectivity index (χ2n) is 16.5. The molecule has 0 radical (unpaired) electrons. The topological polar surface area (TPSA) is 211 Å². The van der Waals surface area contributed by atoms with Gasteiger partial charge in [-0.1, -0.05) is 49.3 Å². The summed E-state index contributed by atoms with van der Waals surface area (Å²) in [7, 11) is 2.60. The van der Waals surface area contributed by atoms with Crippen LogP contribution in [0.4, 0.5) is 0 Å². The number of aliphatic carboxylic acids is 1. The van der Waals surface area contributed by atoms with Crippen LogP contribution in [0.1, 0.15) is 89.0 Å². The molecule has 2 rings (SSSR count). The van der Waals surface area contributed by atoms with Crippen molar-refractivity contribution in [1.82, 2.24) is 10.6 Å². The number of ether oxygens (including phenoxy) is 5. The highest BCUT2D eigenvalue weighted by atomic mass is 33.1. The second kappa shape index (κ2) is 17.9. The molecule has 0 aromatic heterocycles. The molecule has 2 aliphatic heterocycles. The molecule has 0 bridgehead atoms. The Bertz CT molecular complexity index is 1180. The fourth-order valence-corrected chi connectivity index (χ4v) is 8.03. The van der Waals surface area contributed by atoms with Crippen molar-refractivity contribution in [3.05, 3.63) is 0 Å². The van der Waals surface area contributed by atoms with E-state index in [0.29, 0.717) is 19.6 Å². The van der Waals surface area contributed by atoms with Crippen LogP contribution < -0.4 is 22.1 Å². The van der Waals surface area contributed by atoms with Gasteiger partial charge < -0.3 is 50.9 Å². The molecule has 14 nitrogen and oxygen atoms in total. The Labute approximate surface area is 305 Å². The largest absolute Gasteiger partial charge is 0.481 e. The van der Waals surface area contributed by atoms with Crippen LogP contribution in [-0.2, 0) is 42.9 Å². The van der Waals surface area contributed by atoms with Crippen LogP contribution in [0.5, 0.6) is 0 Å². The molecule has 2 heterocycles. The van der Waals surface area contributed by atoms with Crippen molar-refractivity contribution < 1.29 is 48.0 Å². The molecule has 16 heteroatoms. The second-order valence-corrected chi connectivity index (χ2v) is 19.0. The summed E-state index contributed by atoms with van der Waals surface area (Å²) in [6.07, 6.45) is -0.908. The average Bonchev–Trinajstić information content (AvgIpc) is 2.96. The van der Waals surface area contributed by atoms with E-state index in [0.717, 1.165) is 0 Å². The average molecular weight is 751 g/mol. The quantitative estimate of drug-likeness (QED) is 0.0822. The third-order valence-corrected chi connectivity index (χ3v) is 10.9. The summed E-state index contributed by atoms with van der Waals surface area (Å²) in [6.45, 7) is 21.0. The first-order valence-corrected chi connectivity index (χ1v) is 19.7. The van der Waals surface area contributed by atoms with Crippen molar-refractivity contribution in [1.29, 1.82) is 0 Å². The number of nitrogens with one attached hydrogen (secondary N) is 2. The van der Waals surface area contributed by atoms with E-state index < -0.39 is 76.1 Å². The van der Waals surface area contributed by atoms with Gasteiger partial charge in [0.25, 0.3) is 0 Å². The molecule has 50 heavy (non-hydrogen) atoms. The lowest BCUT2D eigenvalue weighted by Crippen LogP contribution is -2.56. The van der Waals surface area contributed by atoms with Crippen molar-refractivity contribution >= 4 is 45.3 Å². The lowest BCUT2D eigenvalue weighted by Gasteiger charge is -2.44. The maximum Gasteiger partial charge on any atom is 0.311 e. The fourth-order valence-electron chi connectivity index (χ4n) is 5.32. The van der Waals surface area contributed by atoms with Crippen molar-refractivity contribution in [2.45, 2.75) is 130 Å². The summed E-state index contributed by atoms with van der Waals surface area (Å²) < 4.78 is 28.8. The number of carboxylic acid groups (broad SMARTS) is 1. The normalized spacial score (nSPS) is 25.0. The van der Waals surface area contributed by atoms with Crippen molar-refractivity contribution in [2.24, 2.45) is 34.1 Å². The first kappa shape index (κ1) is 44.5. The summed E-state index contributed by atoms with van der Waals surface area (Å²) in [5.41, 5.74) is 11.0. The molecule has 0 spiro atoms. The van der Waals surface area contributed by atoms with Crippen LogP contribution in [0.3, 0.4) is 0 Å². The maximum atomic E-state index is 13.2. The smallest absolute Gasteiger partial charge is 0.311 e. The van der Waals surface area contributed by atoms with Gasteiger partial charge in [-0.05, 0) is 61.3 Å². The monoisotopic (exact) mass is 750 g/mol. The number of carbonyl (C=O) groups is 4. The highest BCUT2D eigenvalue weighted by molar-refractivity contribution is 8.76. The zero-order valence-electron chi connectivity index (χ0n) is 31.7. The predicted molar refractivity (Wildman–Crippen MR) is 194 cm³/mol. The number of amides is 2. The van der Waals surface area contributed by atoms with Crippen molar-refractivity contribution in [3.63, 3.8) is 0 Å². The summed E-state index contributed by atoms with van der Waals surface area (Å²) in [4.78, 5) is 51.3. The Morgan fingerprint density at radius 3 is 1.52 bits per heavy atom. The first-order valence-electron chi connectivity index (χ1n) is 17.2. The van der Waals surface area contributed by atoms with Crippen molar-refractivity contribution in [3.8, 4) is 0 Å². The van der Waals surface area contributed by atoms with Gasteiger partial charge in [0.2, 0.25) is 11.8 Å². The molecule has 2 aliphatic rings. The third kappa shape index (κ3) is 14.1. The molecule has 0 aromatic carbocycles. The number of hydrogen-bond donors (Lipinski definition) is 5. The number of rotatable bonds is 17. The van der Waals surface area contributed by atoms with Gasteiger partial charge in [-0.2, -0.15) is 0 Å². The zero-order valence-corrected chi connectivity index (χ0v) is 33.3. The van der Waals surface area contributed by atoms with Gasteiger partial charge in [0.1, 0.15) is 17.8 Å². The minimum Gasteiger partial charge on any atom is -0.481 e. The van der Waals surface area contributed by atoms with E-state index in [4.69, 9.17) is 35.2 Å². The molecule has 0 aromatic rings. The van der Waals surface area contributed by atoms with E-state index >= 15 is 0 Å². The number of hydrogen-bond acceptors (Lipinski definition) is 13. The minimum atomic E-state index is -1.05. The lowest BCUT2D eigenvalue weighted by atomic mass is 9.85. The highest BCUT2D eigenvalue weighted by Crippen LogP contribution is 2.36. The van der Waals surface area contributed by atoms with E-state index in [1.54, 1.807) is 48.5 Å². The predicted octanol–water partition coefficient (Wildman–Crippen LogP) is 3.05. The molecule has 2 unspecified atom stereocenters. The van der Waals surface area contributed by atoms with Gasteiger partial charge in [0, 0.05) is 47.5 Å². The zero-order chi connectivity index (χ0) is 38.3. The SMILES string of the molecule is CC(C)(C)OC(=O)[C@H](CSSC[C@@H](C(=O)O)C(N)CCNC(=O)[C@@H]1OC(C)(C)OCC1(C)C)C(N)CCNC(=O)[C@@H]1OC(C)(C)OCC1(C)C. The summed E-state index contributed by atoms with van der Waals surface area (Å²) in [6, 6.07) is -1.38. The Balaban J connectivity index is 1.91. The van der Waals surface area contributed by atoms with Gasteiger partial charge in [0.15, 0.2) is 11.6 Å². The minimum absolute atomic E-state index is 0.170. The van der Waals surface area contributed by atoms with Crippen LogP contribution in [0.2, 0.25) is 0 Å². The number of esters is 1. The molecule has 2 amide bonds. The Kier molecular flexibility index (Phi) is 15.9. The molecular weight excluding hydrogens is 689 g/mol. The van der Waals surface area contributed by atoms with Gasteiger partial charge in [-0.15, -0.1) is 0 Å². The maximum absolute atomic E-state index is 13.2. The Morgan fingerprint density at radius 1 is 0.760 bits per heavy atom. The van der Waals surface area contributed by atoms with Gasteiger partial charge in [-0.25, -0.2) is 0 Å². The van der Waals surface area contributed by atoms with E-state index in [9.17, 15) is 24.3 Å². The molecular formula is C34H62N4O10S2. The number of carboxylic acids is 1. The Hall–Kier alpha value is -1.66. The van der Waals surface area contributed by atoms with Crippen LogP contribution in [0.15, 0.2) is 0 Å². The van der Waals surface area contributed by atoms with Crippen LogP contribution in [-0.4, -0.2) is 108 Å². The fraction of sp³-hybridized carbons (Fsp3) is 0.882. The molecule has 0 aliphatic carbocycles. The van der Waals surface area contributed by atoms with Gasteiger partial charge >= 0.3 is 11.9 Å². The Morgan fingerprint density at radius 2 is 1.14 bits per heavy atom. The lowest BCUT2D eigenvalue weighted by molar-refractivity contribution is -0.304. The molecule has 2 fully saturated rings. The first-order chi connectivity index (χ1) is 22.8. The summed E-state index contributed by atoms with van der Waals surface area (Å²) in [5, 5.41) is 15.7. The highest BCUT2D eigenvalue weighted by Gasteiger charge is 2.47. The molecule has 290 valence electrons. The number of nitrogens with two attached hydrogens (primary N) is 2. The van der Waals surface area contributed by atoms with Crippen LogP contribution in [0.25, 0.3) is 0 Å². The van der Waals surface area contributed by atoms with E-state index in [1.165, 1.54) is 21.6 Å². The van der Waals surface area contributed by atoms with Gasteiger partial charge in [-0.3, -0.25) is 19.2 Å². The van der Waals surface area contributed by atoms with Crippen LogP contribution >= 0.6 is 21.6 Å². The van der Waals surface area contributed by atoms with E-state index in [-0.39, 0.29) is 42.8 Å². The third-order valence-electron chi connectivity index (χ3n) is 8.48. The number of carbonyl (C=O) groups excluding carboxylic acids is 3. The summed E-state index contributed by atoms with van der Waals surface area (Å²) >= 11 is 0. The van der Waals surface area contributed by atoms with Gasteiger partial charge in [0.05, 0.1) is 25.0 Å².